The van der Waals surface area contributed by atoms with Gasteiger partial charge in [0.05, 0.1) is 16.4 Å². The molecule has 1 aliphatic rings. The molecule has 1 fully saturated rings. The van der Waals surface area contributed by atoms with Crippen LogP contribution in [0.4, 0.5) is 11.5 Å². The number of carbonyl (C=O) groups excluding carboxylic acids is 2. The molecule has 0 aliphatic carbocycles. The molecule has 0 spiro atoms. The number of piperidine rings is 1. The van der Waals surface area contributed by atoms with Crippen molar-refractivity contribution in [1.82, 2.24) is 10.3 Å². The maximum atomic E-state index is 12.2. The highest BCUT2D eigenvalue weighted by Crippen LogP contribution is 2.27. The van der Waals surface area contributed by atoms with Crippen LogP contribution in [0.3, 0.4) is 0 Å². The minimum Gasteiger partial charge on any atom is -0.365 e. The van der Waals surface area contributed by atoms with E-state index in [4.69, 9.17) is 5.73 Å². The number of carbonyl (C=O) groups is 2. The molecule has 9 heteroatoms. The number of aromatic nitrogens is 1. The first-order valence-corrected chi connectivity index (χ1v) is 7.91. The van der Waals surface area contributed by atoms with Gasteiger partial charge < -0.3 is 16.0 Å². The van der Waals surface area contributed by atoms with Gasteiger partial charge >= 0.3 is 0 Å². The molecule has 2 amide bonds. The Morgan fingerprint density at radius 3 is 2.92 bits per heavy atom. The molecule has 24 heavy (non-hydrogen) atoms. The van der Waals surface area contributed by atoms with Crippen molar-refractivity contribution in [3.05, 3.63) is 27.9 Å². The lowest BCUT2D eigenvalue weighted by Gasteiger charge is -2.33. The third-order valence-corrected chi connectivity index (χ3v) is 3.97. The van der Waals surface area contributed by atoms with Crippen LogP contribution in [0.15, 0.2) is 12.3 Å². The lowest BCUT2D eigenvalue weighted by Crippen LogP contribution is -2.44. The van der Waals surface area contributed by atoms with Gasteiger partial charge in [0.1, 0.15) is 12.0 Å². The van der Waals surface area contributed by atoms with Crippen LogP contribution in [0.1, 0.15) is 36.5 Å². The zero-order chi connectivity index (χ0) is 17.7. The van der Waals surface area contributed by atoms with Crippen LogP contribution in [0, 0.1) is 16.0 Å². The SMILES string of the molecule is CCCNC(=O)C1CCCN(c2ncc([N+](=O)[O-])cc2C(N)=O)C1. The second-order valence-corrected chi connectivity index (χ2v) is 5.76. The van der Waals surface area contributed by atoms with Crippen LogP contribution < -0.4 is 16.0 Å². The van der Waals surface area contributed by atoms with Crippen LogP contribution >= 0.6 is 0 Å². The van der Waals surface area contributed by atoms with Gasteiger partial charge in [0.2, 0.25) is 5.91 Å². The Bertz CT molecular complexity index is 649. The van der Waals surface area contributed by atoms with Crippen molar-refractivity contribution in [3.63, 3.8) is 0 Å². The maximum Gasteiger partial charge on any atom is 0.288 e. The molecule has 1 aromatic heterocycles. The van der Waals surface area contributed by atoms with Crippen molar-refractivity contribution in [2.75, 3.05) is 24.5 Å². The summed E-state index contributed by atoms with van der Waals surface area (Å²) in [5.74, 6) is -0.716. The summed E-state index contributed by atoms with van der Waals surface area (Å²) in [5.41, 5.74) is 5.05. The van der Waals surface area contributed by atoms with E-state index in [1.54, 1.807) is 4.90 Å². The number of nitrogens with one attached hydrogen (secondary N) is 1. The summed E-state index contributed by atoms with van der Waals surface area (Å²) in [4.78, 5) is 39.9. The fraction of sp³-hybridized carbons (Fsp3) is 0.533. The average molecular weight is 335 g/mol. The van der Waals surface area contributed by atoms with Gasteiger partial charge in [-0.05, 0) is 19.3 Å². The van der Waals surface area contributed by atoms with Crippen molar-refractivity contribution in [2.45, 2.75) is 26.2 Å². The van der Waals surface area contributed by atoms with Crippen molar-refractivity contribution in [2.24, 2.45) is 11.7 Å². The summed E-state index contributed by atoms with van der Waals surface area (Å²) >= 11 is 0. The van der Waals surface area contributed by atoms with E-state index in [9.17, 15) is 19.7 Å². The van der Waals surface area contributed by atoms with Crippen LogP contribution in [0.25, 0.3) is 0 Å². The number of nitrogens with zero attached hydrogens (tertiary/aromatic N) is 3. The lowest BCUT2D eigenvalue weighted by molar-refractivity contribution is -0.385. The molecule has 0 aromatic carbocycles. The van der Waals surface area contributed by atoms with Gasteiger partial charge in [0.15, 0.2) is 0 Å². The van der Waals surface area contributed by atoms with Crippen LogP contribution in [0.2, 0.25) is 0 Å². The van der Waals surface area contributed by atoms with Crippen molar-refractivity contribution < 1.29 is 14.5 Å². The van der Waals surface area contributed by atoms with Crippen LogP contribution in [0.5, 0.6) is 0 Å². The standard InChI is InChI=1S/C15H21N5O4/c1-2-5-17-15(22)10-4-3-6-19(9-10)14-12(13(16)21)7-11(8-18-14)20(23)24/h7-8,10H,2-6,9H2,1H3,(H2,16,21)(H,17,22). The monoisotopic (exact) mass is 335 g/mol. The molecule has 0 saturated carbocycles. The normalized spacial score (nSPS) is 17.4. The number of nitrogens with two attached hydrogens (primary N) is 1. The molecule has 130 valence electrons. The molecule has 9 nitrogen and oxygen atoms in total. The van der Waals surface area contributed by atoms with Crippen molar-refractivity contribution >= 4 is 23.3 Å². The van der Waals surface area contributed by atoms with E-state index in [0.29, 0.717) is 25.5 Å². The second kappa shape index (κ2) is 7.71. The molecule has 1 atom stereocenters. The third kappa shape index (κ3) is 3.98. The molecule has 0 radical (unpaired) electrons. The number of pyridine rings is 1. The summed E-state index contributed by atoms with van der Waals surface area (Å²) in [6.07, 6.45) is 3.48. The average Bonchev–Trinajstić information content (AvgIpc) is 2.59. The molecule has 1 aliphatic heterocycles. The highest BCUT2D eigenvalue weighted by Gasteiger charge is 2.29. The smallest absolute Gasteiger partial charge is 0.288 e. The highest BCUT2D eigenvalue weighted by molar-refractivity contribution is 5.98. The number of hydrogen-bond donors (Lipinski definition) is 2. The van der Waals surface area contributed by atoms with Gasteiger partial charge in [-0.3, -0.25) is 19.7 Å². The first-order valence-electron chi connectivity index (χ1n) is 7.91. The van der Waals surface area contributed by atoms with E-state index in [1.807, 2.05) is 6.92 Å². The van der Waals surface area contributed by atoms with Gasteiger partial charge in [0, 0.05) is 25.7 Å². The molecular weight excluding hydrogens is 314 g/mol. The summed E-state index contributed by atoms with van der Waals surface area (Å²) in [6.45, 7) is 3.62. The van der Waals surface area contributed by atoms with Gasteiger partial charge in [-0.1, -0.05) is 6.92 Å². The van der Waals surface area contributed by atoms with Gasteiger partial charge in [-0.2, -0.15) is 0 Å². The predicted molar refractivity (Wildman–Crippen MR) is 87.6 cm³/mol. The Balaban J connectivity index is 2.22. The molecular formula is C15H21N5O4. The number of amides is 2. The molecule has 3 N–H and O–H groups in total. The highest BCUT2D eigenvalue weighted by atomic mass is 16.6. The molecule has 0 bridgehead atoms. The number of rotatable bonds is 6. The predicted octanol–water partition coefficient (Wildman–Crippen LogP) is 0.831. The molecule has 2 rings (SSSR count). The van der Waals surface area contributed by atoms with E-state index in [-0.39, 0.29) is 23.1 Å². The topological polar surface area (TPSA) is 131 Å². The molecule has 2 heterocycles. The Hall–Kier alpha value is -2.71. The fourth-order valence-electron chi connectivity index (χ4n) is 2.76. The Labute approximate surface area is 139 Å². The fourth-order valence-corrected chi connectivity index (χ4v) is 2.76. The molecule has 1 saturated heterocycles. The first kappa shape index (κ1) is 17.6. The van der Waals surface area contributed by atoms with E-state index >= 15 is 0 Å². The zero-order valence-corrected chi connectivity index (χ0v) is 13.5. The van der Waals surface area contributed by atoms with Gasteiger partial charge in [-0.15, -0.1) is 0 Å². The van der Waals surface area contributed by atoms with E-state index in [0.717, 1.165) is 31.5 Å². The largest absolute Gasteiger partial charge is 0.365 e. The quantitative estimate of drug-likeness (QED) is 0.584. The van der Waals surface area contributed by atoms with Gasteiger partial charge in [0.25, 0.3) is 11.6 Å². The minimum absolute atomic E-state index is 0.00110. The zero-order valence-electron chi connectivity index (χ0n) is 13.5. The van der Waals surface area contributed by atoms with Crippen LogP contribution in [-0.4, -0.2) is 41.4 Å². The first-order chi connectivity index (χ1) is 11.4. The minimum atomic E-state index is -0.779. The molecule has 1 aromatic rings. The van der Waals surface area contributed by atoms with Gasteiger partial charge in [-0.25, -0.2) is 4.98 Å². The molecule has 1 unspecified atom stereocenters. The lowest BCUT2D eigenvalue weighted by atomic mass is 9.96. The summed E-state index contributed by atoms with van der Waals surface area (Å²) in [6, 6.07) is 1.13. The van der Waals surface area contributed by atoms with E-state index in [1.165, 1.54) is 0 Å². The Kier molecular flexibility index (Phi) is 5.67. The Morgan fingerprint density at radius 2 is 2.29 bits per heavy atom. The maximum absolute atomic E-state index is 12.2. The summed E-state index contributed by atoms with van der Waals surface area (Å²) in [7, 11) is 0. The van der Waals surface area contributed by atoms with E-state index in [2.05, 4.69) is 10.3 Å². The number of anilines is 1. The van der Waals surface area contributed by atoms with Crippen molar-refractivity contribution in [1.29, 1.82) is 0 Å². The van der Waals surface area contributed by atoms with Crippen molar-refractivity contribution in [3.8, 4) is 0 Å². The third-order valence-electron chi connectivity index (χ3n) is 3.97. The number of hydrogen-bond acceptors (Lipinski definition) is 6. The summed E-state index contributed by atoms with van der Waals surface area (Å²) in [5, 5.41) is 13.7. The second-order valence-electron chi connectivity index (χ2n) is 5.76. The summed E-state index contributed by atoms with van der Waals surface area (Å²) < 4.78 is 0. The van der Waals surface area contributed by atoms with E-state index < -0.39 is 10.8 Å². The number of nitro groups is 1. The van der Waals surface area contributed by atoms with Crippen LogP contribution in [-0.2, 0) is 4.79 Å². The number of primary amides is 1. The Morgan fingerprint density at radius 1 is 1.54 bits per heavy atom.